The summed E-state index contributed by atoms with van der Waals surface area (Å²) in [6.45, 7) is 2.41. The summed E-state index contributed by atoms with van der Waals surface area (Å²) in [5.74, 6) is 0.235. The number of aromatic nitrogens is 5. The Kier molecular flexibility index (Phi) is 4.50. The fraction of sp³-hybridized carbons (Fsp3) is 0.200. The average Bonchev–Trinajstić information content (AvgIpc) is 2.61. The van der Waals surface area contributed by atoms with Gasteiger partial charge >= 0.3 is 5.97 Å². The minimum Gasteiger partial charge on any atom is -0.462 e. The predicted molar refractivity (Wildman–Crippen MR) is 91.5 cm³/mol. The molecule has 0 saturated heterocycles. The maximum atomic E-state index is 11.6. The molecular weight excluding hydrogens is 324 g/mol. The third kappa shape index (κ3) is 3.68. The smallest absolute Gasteiger partial charge is 0.338 e. The highest BCUT2D eigenvalue weighted by Gasteiger charge is 2.09. The molecule has 0 amide bonds. The number of ether oxygens (including phenoxy) is 1. The number of rotatable bonds is 5. The molecule has 5 N–H and O–H groups in total. The fourth-order valence-electron chi connectivity index (χ4n) is 2.11. The van der Waals surface area contributed by atoms with Crippen LogP contribution in [-0.2, 0) is 11.3 Å². The Morgan fingerprint density at radius 2 is 1.88 bits per heavy atom. The molecule has 0 saturated carbocycles. The highest BCUT2D eigenvalue weighted by atomic mass is 16.5. The van der Waals surface area contributed by atoms with Gasteiger partial charge in [0.15, 0.2) is 17.2 Å². The van der Waals surface area contributed by atoms with Crippen molar-refractivity contribution in [1.29, 1.82) is 0 Å². The molecule has 0 aliphatic heterocycles. The van der Waals surface area contributed by atoms with Gasteiger partial charge in [-0.25, -0.2) is 9.78 Å². The first-order valence-corrected chi connectivity index (χ1v) is 7.50. The van der Waals surface area contributed by atoms with Gasteiger partial charge in [0, 0.05) is 5.69 Å². The fourth-order valence-corrected chi connectivity index (χ4v) is 2.11. The van der Waals surface area contributed by atoms with Crippen LogP contribution in [0.5, 0.6) is 0 Å². The number of anilines is 3. The van der Waals surface area contributed by atoms with Gasteiger partial charge in [0.25, 0.3) is 0 Å². The minimum absolute atomic E-state index is 0.0219. The van der Waals surface area contributed by atoms with E-state index in [2.05, 4.69) is 30.5 Å². The highest BCUT2D eigenvalue weighted by molar-refractivity contribution is 5.89. The summed E-state index contributed by atoms with van der Waals surface area (Å²) in [7, 11) is 0. The van der Waals surface area contributed by atoms with E-state index in [0.29, 0.717) is 30.1 Å². The molecule has 25 heavy (non-hydrogen) atoms. The predicted octanol–water partition coefficient (Wildman–Crippen LogP) is 0.768. The van der Waals surface area contributed by atoms with Crippen molar-refractivity contribution < 1.29 is 9.53 Å². The van der Waals surface area contributed by atoms with Crippen molar-refractivity contribution in [3.8, 4) is 0 Å². The largest absolute Gasteiger partial charge is 0.462 e. The van der Waals surface area contributed by atoms with Crippen LogP contribution >= 0.6 is 0 Å². The molecule has 2 heterocycles. The number of hydrogen-bond donors (Lipinski definition) is 3. The number of nitrogens with zero attached hydrogens (tertiary/aromatic N) is 5. The summed E-state index contributed by atoms with van der Waals surface area (Å²) in [4.78, 5) is 23.7. The zero-order valence-electron chi connectivity index (χ0n) is 13.4. The molecule has 3 aromatic rings. The number of esters is 1. The summed E-state index contributed by atoms with van der Waals surface area (Å²) in [5, 5.41) is 11.1. The molecule has 0 unspecified atom stereocenters. The molecule has 0 radical (unpaired) electrons. The van der Waals surface area contributed by atoms with Gasteiger partial charge in [0.05, 0.1) is 18.7 Å². The number of nitrogens with one attached hydrogen (secondary N) is 1. The van der Waals surface area contributed by atoms with Crippen molar-refractivity contribution in [2.45, 2.75) is 13.5 Å². The van der Waals surface area contributed by atoms with Crippen molar-refractivity contribution in [1.82, 2.24) is 25.1 Å². The van der Waals surface area contributed by atoms with Crippen LogP contribution in [0.1, 0.15) is 23.1 Å². The summed E-state index contributed by atoms with van der Waals surface area (Å²) in [6, 6.07) is 6.88. The van der Waals surface area contributed by atoms with Crippen LogP contribution in [0.4, 0.5) is 17.5 Å². The Labute approximate surface area is 142 Å². The van der Waals surface area contributed by atoms with Crippen LogP contribution < -0.4 is 16.8 Å². The number of carbonyl (C=O) groups is 1. The molecule has 0 aliphatic rings. The van der Waals surface area contributed by atoms with Crippen LogP contribution in [-0.4, -0.2) is 37.7 Å². The zero-order chi connectivity index (χ0) is 17.8. The van der Waals surface area contributed by atoms with Crippen LogP contribution in [0, 0.1) is 0 Å². The molecule has 3 rings (SSSR count). The number of hydrogen-bond acceptors (Lipinski definition) is 10. The summed E-state index contributed by atoms with van der Waals surface area (Å²) >= 11 is 0. The Hall–Kier alpha value is -3.56. The SMILES string of the molecule is CCOC(=O)c1ccc(NCc2nnc3nc(N)nc(N)c3n2)cc1. The van der Waals surface area contributed by atoms with Crippen molar-refractivity contribution in [3.63, 3.8) is 0 Å². The lowest BCUT2D eigenvalue weighted by Gasteiger charge is -2.07. The minimum atomic E-state index is -0.356. The topological polar surface area (TPSA) is 155 Å². The van der Waals surface area contributed by atoms with Crippen LogP contribution in [0.25, 0.3) is 11.2 Å². The standard InChI is InChI=1S/C15H16N8O2/c1-2-25-14(24)8-3-5-9(6-4-8)18-7-10-19-11-12(16)20-15(17)21-13(11)23-22-10/h3-6,18H,2,7H2,1H3,(H4,16,17,20,21,23). The van der Waals surface area contributed by atoms with Crippen LogP contribution in [0.15, 0.2) is 24.3 Å². The second kappa shape index (κ2) is 6.91. The lowest BCUT2D eigenvalue weighted by Crippen LogP contribution is -2.09. The molecule has 0 fully saturated rings. The van der Waals surface area contributed by atoms with E-state index in [1.165, 1.54) is 0 Å². The third-order valence-electron chi connectivity index (χ3n) is 3.26. The Bertz CT molecular complexity index is 913. The monoisotopic (exact) mass is 340 g/mol. The van der Waals surface area contributed by atoms with Gasteiger partial charge in [-0.1, -0.05) is 0 Å². The quantitative estimate of drug-likeness (QED) is 0.567. The Balaban J connectivity index is 1.71. The Morgan fingerprint density at radius 3 is 2.60 bits per heavy atom. The number of fused-ring (bicyclic) bond motifs is 1. The number of nitrogen functional groups attached to an aromatic ring is 2. The number of benzene rings is 1. The van der Waals surface area contributed by atoms with Crippen molar-refractivity contribution in [3.05, 3.63) is 35.7 Å². The van der Waals surface area contributed by atoms with E-state index in [1.807, 2.05) is 0 Å². The van der Waals surface area contributed by atoms with Crippen molar-refractivity contribution in [2.24, 2.45) is 0 Å². The normalized spacial score (nSPS) is 10.6. The van der Waals surface area contributed by atoms with Crippen molar-refractivity contribution in [2.75, 3.05) is 23.4 Å². The highest BCUT2D eigenvalue weighted by Crippen LogP contribution is 2.15. The molecule has 0 spiro atoms. The number of carbonyl (C=O) groups excluding carboxylic acids is 1. The molecule has 0 bridgehead atoms. The van der Waals surface area contributed by atoms with E-state index < -0.39 is 0 Å². The van der Waals surface area contributed by atoms with Gasteiger partial charge in [-0.2, -0.15) is 9.97 Å². The summed E-state index contributed by atoms with van der Waals surface area (Å²) in [6.07, 6.45) is 0. The second-order valence-electron chi connectivity index (χ2n) is 5.02. The van der Waals surface area contributed by atoms with Gasteiger partial charge in [0.2, 0.25) is 11.6 Å². The van der Waals surface area contributed by atoms with E-state index in [9.17, 15) is 4.79 Å². The molecule has 0 aliphatic carbocycles. The lowest BCUT2D eigenvalue weighted by atomic mass is 10.2. The van der Waals surface area contributed by atoms with Gasteiger partial charge in [-0.3, -0.25) is 0 Å². The third-order valence-corrected chi connectivity index (χ3v) is 3.26. The maximum Gasteiger partial charge on any atom is 0.338 e. The summed E-state index contributed by atoms with van der Waals surface area (Å²) < 4.78 is 4.94. The van der Waals surface area contributed by atoms with E-state index in [-0.39, 0.29) is 23.4 Å². The first-order valence-electron chi connectivity index (χ1n) is 7.50. The maximum absolute atomic E-state index is 11.6. The van der Waals surface area contributed by atoms with Gasteiger partial charge in [0.1, 0.15) is 0 Å². The molecule has 1 aromatic carbocycles. The van der Waals surface area contributed by atoms with E-state index >= 15 is 0 Å². The first kappa shape index (κ1) is 16.3. The molecule has 10 nitrogen and oxygen atoms in total. The van der Waals surface area contributed by atoms with E-state index in [4.69, 9.17) is 16.2 Å². The molecule has 10 heteroatoms. The van der Waals surface area contributed by atoms with Gasteiger partial charge in [-0.05, 0) is 31.2 Å². The average molecular weight is 340 g/mol. The lowest BCUT2D eigenvalue weighted by molar-refractivity contribution is 0.0526. The van der Waals surface area contributed by atoms with Crippen molar-refractivity contribution >= 4 is 34.6 Å². The molecule has 0 atom stereocenters. The Morgan fingerprint density at radius 1 is 1.12 bits per heavy atom. The van der Waals surface area contributed by atoms with Crippen LogP contribution in [0.2, 0.25) is 0 Å². The summed E-state index contributed by atoms with van der Waals surface area (Å²) in [5.41, 5.74) is 13.1. The first-order chi connectivity index (χ1) is 12.1. The van der Waals surface area contributed by atoms with Gasteiger partial charge in [-0.15, -0.1) is 10.2 Å². The molecule has 128 valence electrons. The number of nitrogens with two attached hydrogens (primary N) is 2. The zero-order valence-corrected chi connectivity index (χ0v) is 13.4. The molecule has 2 aromatic heterocycles. The van der Waals surface area contributed by atoms with Gasteiger partial charge < -0.3 is 21.5 Å². The molecular formula is C15H16N8O2. The second-order valence-corrected chi connectivity index (χ2v) is 5.02. The van der Waals surface area contributed by atoms with E-state index in [0.717, 1.165) is 5.69 Å². The van der Waals surface area contributed by atoms with Crippen LogP contribution in [0.3, 0.4) is 0 Å². The van der Waals surface area contributed by atoms with E-state index in [1.54, 1.807) is 31.2 Å².